The maximum absolute atomic E-state index is 12.4. The first kappa shape index (κ1) is 18.7. The maximum atomic E-state index is 12.4. The van der Waals surface area contributed by atoms with Crippen molar-refractivity contribution in [2.75, 3.05) is 0 Å². The van der Waals surface area contributed by atoms with Crippen LogP contribution >= 0.6 is 0 Å². The molecular formula is C19H24N2O4. The minimum Gasteiger partial charge on any atom is -0.480 e. The summed E-state index contributed by atoms with van der Waals surface area (Å²) in [4.78, 5) is 37.2. The van der Waals surface area contributed by atoms with E-state index in [4.69, 9.17) is 0 Å². The molecule has 0 fully saturated rings. The summed E-state index contributed by atoms with van der Waals surface area (Å²) in [5.74, 6) is -1.45. The number of hydrogen-bond donors (Lipinski definition) is 2. The highest BCUT2D eigenvalue weighted by Gasteiger charge is 2.29. The van der Waals surface area contributed by atoms with Gasteiger partial charge in [-0.25, -0.2) is 4.79 Å². The number of benzene rings is 1. The minimum absolute atomic E-state index is 0.0167. The number of hydrogen-bond acceptors (Lipinski definition) is 3. The van der Waals surface area contributed by atoms with Gasteiger partial charge in [0.1, 0.15) is 6.04 Å². The lowest BCUT2D eigenvalue weighted by atomic mass is 9.93. The lowest BCUT2D eigenvalue weighted by molar-refractivity contribution is -0.142. The van der Waals surface area contributed by atoms with Crippen molar-refractivity contribution in [2.24, 2.45) is 5.92 Å². The van der Waals surface area contributed by atoms with Crippen molar-refractivity contribution in [1.82, 2.24) is 10.2 Å². The lowest BCUT2D eigenvalue weighted by Gasteiger charge is -2.32. The molecule has 0 aromatic heterocycles. The van der Waals surface area contributed by atoms with E-state index >= 15 is 0 Å². The monoisotopic (exact) mass is 344 g/mol. The zero-order valence-electron chi connectivity index (χ0n) is 14.7. The SMILES string of the molecule is CC(=O)N1C=Cc2ccccc2C1CC(=O)N[C@@H](CC(C)C)C(=O)O. The summed E-state index contributed by atoms with van der Waals surface area (Å²) in [5.41, 5.74) is 1.83. The van der Waals surface area contributed by atoms with Gasteiger partial charge in [-0.3, -0.25) is 9.59 Å². The molecule has 1 aromatic carbocycles. The van der Waals surface area contributed by atoms with Crippen molar-refractivity contribution < 1.29 is 19.5 Å². The molecule has 1 aromatic rings. The third-order valence-corrected chi connectivity index (χ3v) is 4.19. The first-order valence-electron chi connectivity index (χ1n) is 8.37. The molecule has 0 aliphatic carbocycles. The Labute approximate surface area is 147 Å². The van der Waals surface area contributed by atoms with E-state index in [1.165, 1.54) is 11.8 Å². The van der Waals surface area contributed by atoms with E-state index in [-0.39, 0.29) is 24.2 Å². The largest absolute Gasteiger partial charge is 0.480 e. The van der Waals surface area contributed by atoms with Crippen molar-refractivity contribution in [2.45, 2.75) is 45.7 Å². The molecule has 2 atom stereocenters. The Morgan fingerprint density at radius 2 is 1.92 bits per heavy atom. The minimum atomic E-state index is -1.05. The lowest BCUT2D eigenvalue weighted by Crippen LogP contribution is -2.43. The molecule has 1 unspecified atom stereocenters. The number of nitrogens with one attached hydrogen (secondary N) is 1. The van der Waals surface area contributed by atoms with Crippen LogP contribution < -0.4 is 5.32 Å². The number of carboxylic acids is 1. The van der Waals surface area contributed by atoms with Crippen LogP contribution in [0.4, 0.5) is 0 Å². The van der Waals surface area contributed by atoms with Crippen LogP contribution in [0.15, 0.2) is 30.5 Å². The highest BCUT2D eigenvalue weighted by molar-refractivity contribution is 5.85. The molecule has 2 rings (SSSR count). The average Bonchev–Trinajstić information content (AvgIpc) is 2.53. The van der Waals surface area contributed by atoms with Gasteiger partial charge >= 0.3 is 5.97 Å². The summed E-state index contributed by atoms with van der Waals surface area (Å²) >= 11 is 0. The standard InChI is InChI=1S/C19H24N2O4/c1-12(2)10-16(19(24)25)20-18(23)11-17-15-7-5-4-6-14(15)8-9-21(17)13(3)22/h4-9,12,16-17H,10-11H2,1-3H3,(H,20,23)(H,24,25)/t16-,17?/m0/s1. The van der Waals surface area contributed by atoms with Crippen molar-refractivity contribution in [3.8, 4) is 0 Å². The normalized spacial score (nSPS) is 17.1. The Hall–Kier alpha value is -2.63. The Kier molecular flexibility index (Phi) is 5.96. The Balaban J connectivity index is 2.17. The van der Waals surface area contributed by atoms with Crippen molar-refractivity contribution in [3.63, 3.8) is 0 Å². The molecule has 0 radical (unpaired) electrons. The maximum Gasteiger partial charge on any atom is 0.326 e. The Morgan fingerprint density at radius 3 is 2.52 bits per heavy atom. The molecule has 0 spiro atoms. The van der Waals surface area contributed by atoms with E-state index in [0.29, 0.717) is 6.42 Å². The third-order valence-electron chi connectivity index (χ3n) is 4.19. The fraction of sp³-hybridized carbons (Fsp3) is 0.421. The Morgan fingerprint density at radius 1 is 1.24 bits per heavy atom. The molecule has 1 heterocycles. The molecule has 2 amide bonds. The predicted octanol–water partition coefficient (Wildman–Crippen LogP) is 2.57. The molecule has 6 nitrogen and oxygen atoms in total. The molecular weight excluding hydrogens is 320 g/mol. The van der Waals surface area contributed by atoms with Gasteiger partial charge in [-0.2, -0.15) is 0 Å². The predicted molar refractivity (Wildman–Crippen MR) is 94.4 cm³/mol. The van der Waals surface area contributed by atoms with E-state index in [9.17, 15) is 19.5 Å². The smallest absolute Gasteiger partial charge is 0.326 e. The number of carboxylic acid groups (broad SMARTS) is 1. The molecule has 134 valence electrons. The van der Waals surface area contributed by atoms with E-state index in [0.717, 1.165) is 11.1 Å². The molecule has 6 heteroatoms. The fourth-order valence-corrected chi connectivity index (χ4v) is 3.03. The molecule has 1 aliphatic rings. The molecule has 2 N–H and O–H groups in total. The van der Waals surface area contributed by atoms with Crippen LogP contribution in [-0.2, 0) is 14.4 Å². The van der Waals surface area contributed by atoms with Crippen LogP contribution in [0, 0.1) is 5.92 Å². The summed E-state index contributed by atoms with van der Waals surface area (Å²) < 4.78 is 0. The fourth-order valence-electron chi connectivity index (χ4n) is 3.03. The molecule has 0 saturated heterocycles. The molecule has 25 heavy (non-hydrogen) atoms. The summed E-state index contributed by atoms with van der Waals surface area (Å²) in [6, 6.07) is 6.20. The van der Waals surface area contributed by atoms with Crippen LogP contribution in [0.5, 0.6) is 0 Å². The average molecular weight is 344 g/mol. The molecule has 0 bridgehead atoms. The second kappa shape index (κ2) is 7.96. The van der Waals surface area contributed by atoms with E-state index in [1.54, 1.807) is 6.20 Å². The summed E-state index contributed by atoms with van der Waals surface area (Å²) in [5, 5.41) is 11.9. The topological polar surface area (TPSA) is 86.7 Å². The number of carbonyl (C=O) groups excluding carboxylic acids is 2. The number of aliphatic carboxylic acids is 1. The van der Waals surface area contributed by atoms with Crippen LogP contribution in [0.25, 0.3) is 6.08 Å². The Bertz CT molecular complexity index is 696. The van der Waals surface area contributed by atoms with E-state index in [2.05, 4.69) is 5.32 Å². The molecule has 1 aliphatic heterocycles. The number of nitrogens with zero attached hydrogens (tertiary/aromatic N) is 1. The van der Waals surface area contributed by atoms with Gasteiger partial charge < -0.3 is 15.3 Å². The number of rotatable bonds is 6. The number of fused-ring (bicyclic) bond motifs is 1. The van der Waals surface area contributed by atoms with E-state index < -0.39 is 18.1 Å². The van der Waals surface area contributed by atoms with Crippen LogP contribution in [0.1, 0.15) is 50.8 Å². The van der Waals surface area contributed by atoms with Crippen molar-refractivity contribution in [3.05, 3.63) is 41.6 Å². The van der Waals surface area contributed by atoms with Gasteiger partial charge in [-0.05, 0) is 29.5 Å². The van der Waals surface area contributed by atoms with Gasteiger partial charge in [0, 0.05) is 13.1 Å². The van der Waals surface area contributed by atoms with Gasteiger partial charge in [0.05, 0.1) is 12.5 Å². The van der Waals surface area contributed by atoms with E-state index in [1.807, 2.05) is 44.2 Å². The highest BCUT2D eigenvalue weighted by Crippen LogP contribution is 2.32. The second-order valence-corrected chi connectivity index (χ2v) is 6.68. The van der Waals surface area contributed by atoms with Crippen molar-refractivity contribution in [1.29, 1.82) is 0 Å². The summed E-state index contributed by atoms with van der Waals surface area (Å²) in [6.45, 7) is 5.26. The van der Waals surface area contributed by atoms with Gasteiger partial charge in [0.15, 0.2) is 0 Å². The van der Waals surface area contributed by atoms with Crippen LogP contribution in [-0.4, -0.2) is 33.8 Å². The summed E-state index contributed by atoms with van der Waals surface area (Å²) in [7, 11) is 0. The highest BCUT2D eigenvalue weighted by atomic mass is 16.4. The van der Waals surface area contributed by atoms with Crippen LogP contribution in [0.3, 0.4) is 0 Å². The van der Waals surface area contributed by atoms with Gasteiger partial charge in [-0.15, -0.1) is 0 Å². The quantitative estimate of drug-likeness (QED) is 0.830. The zero-order valence-corrected chi connectivity index (χ0v) is 14.7. The van der Waals surface area contributed by atoms with Crippen molar-refractivity contribution >= 4 is 23.9 Å². The van der Waals surface area contributed by atoms with Crippen LogP contribution in [0.2, 0.25) is 0 Å². The van der Waals surface area contributed by atoms with Gasteiger partial charge in [0.25, 0.3) is 0 Å². The zero-order chi connectivity index (χ0) is 18.6. The first-order chi connectivity index (χ1) is 11.8. The number of carbonyl (C=O) groups is 3. The summed E-state index contributed by atoms with van der Waals surface area (Å²) in [6.07, 6.45) is 3.89. The first-order valence-corrected chi connectivity index (χ1v) is 8.37. The van der Waals surface area contributed by atoms with Gasteiger partial charge in [-0.1, -0.05) is 38.1 Å². The number of amides is 2. The second-order valence-electron chi connectivity index (χ2n) is 6.68. The van der Waals surface area contributed by atoms with Gasteiger partial charge in [0.2, 0.25) is 11.8 Å². The third kappa shape index (κ3) is 4.68. The molecule has 0 saturated carbocycles.